The Kier molecular flexibility index (Phi) is 17.9. The summed E-state index contributed by atoms with van der Waals surface area (Å²) in [5.74, 6) is 1.17. The number of aliphatic imine (C=N–C) groups is 1. The first kappa shape index (κ1) is 21.3. The molecule has 0 aromatic rings. The molecule has 0 spiro atoms. The first-order valence-electron chi connectivity index (χ1n) is 7.28. The van der Waals surface area contributed by atoms with Crippen LogP contribution in [0.3, 0.4) is 0 Å². The number of nitrogens with zero attached hydrogens (tertiary/aromatic N) is 1. The number of ether oxygens (including phenoxy) is 1. The van der Waals surface area contributed by atoms with Gasteiger partial charge in [0, 0.05) is 26.3 Å². The molecular formula is C14H32IN3O. The molecule has 0 rings (SSSR count). The molecule has 0 atom stereocenters. The van der Waals surface area contributed by atoms with Gasteiger partial charge in [0.25, 0.3) is 0 Å². The van der Waals surface area contributed by atoms with E-state index >= 15 is 0 Å². The third kappa shape index (κ3) is 18.0. The maximum atomic E-state index is 5.75. The van der Waals surface area contributed by atoms with Gasteiger partial charge in [-0.3, -0.25) is 4.99 Å². The second-order valence-electron chi connectivity index (χ2n) is 5.08. The maximum Gasteiger partial charge on any atom is 0.188 e. The smallest absolute Gasteiger partial charge is 0.188 e. The summed E-state index contributed by atoms with van der Waals surface area (Å²) in [5, 5.41) is 3.14. The molecule has 0 fully saturated rings. The van der Waals surface area contributed by atoms with Gasteiger partial charge in [-0.2, -0.15) is 0 Å². The molecule has 0 aliphatic carbocycles. The predicted molar refractivity (Wildman–Crippen MR) is 94.3 cm³/mol. The van der Waals surface area contributed by atoms with E-state index in [0.717, 1.165) is 32.7 Å². The van der Waals surface area contributed by atoms with Crippen molar-refractivity contribution in [1.29, 1.82) is 0 Å². The first-order chi connectivity index (χ1) is 8.66. The van der Waals surface area contributed by atoms with Crippen molar-refractivity contribution in [1.82, 2.24) is 5.32 Å². The van der Waals surface area contributed by atoms with E-state index < -0.39 is 0 Å². The van der Waals surface area contributed by atoms with E-state index in [1.165, 1.54) is 25.7 Å². The molecule has 0 aromatic heterocycles. The molecular weight excluding hydrogens is 353 g/mol. The van der Waals surface area contributed by atoms with Gasteiger partial charge >= 0.3 is 0 Å². The lowest BCUT2D eigenvalue weighted by Crippen LogP contribution is -2.32. The van der Waals surface area contributed by atoms with Crippen LogP contribution in [0.2, 0.25) is 0 Å². The van der Waals surface area contributed by atoms with Crippen molar-refractivity contribution in [3.05, 3.63) is 0 Å². The summed E-state index contributed by atoms with van der Waals surface area (Å²) in [6, 6.07) is 0. The van der Waals surface area contributed by atoms with Gasteiger partial charge in [-0.1, -0.05) is 40.0 Å². The number of guanidine groups is 1. The van der Waals surface area contributed by atoms with Crippen molar-refractivity contribution in [2.45, 2.75) is 52.9 Å². The number of hydrogen-bond donors (Lipinski definition) is 2. The second kappa shape index (κ2) is 16.0. The van der Waals surface area contributed by atoms with Gasteiger partial charge in [0.05, 0.1) is 0 Å². The minimum absolute atomic E-state index is 0. The van der Waals surface area contributed by atoms with Gasteiger partial charge in [-0.15, -0.1) is 24.0 Å². The Morgan fingerprint density at radius 3 is 2.58 bits per heavy atom. The van der Waals surface area contributed by atoms with E-state index in [9.17, 15) is 0 Å². The highest BCUT2D eigenvalue weighted by Crippen LogP contribution is 1.97. The van der Waals surface area contributed by atoms with Crippen LogP contribution in [-0.2, 0) is 4.74 Å². The molecule has 116 valence electrons. The van der Waals surface area contributed by atoms with E-state index in [1.54, 1.807) is 0 Å². The Balaban J connectivity index is 0. The third-order valence-corrected chi connectivity index (χ3v) is 2.52. The van der Waals surface area contributed by atoms with Gasteiger partial charge in [0.1, 0.15) is 0 Å². The molecule has 0 unspecified atom stereocenters. The zero-order valence-corrected chi connectivity index (χ0v) is 15.1. The van der Waals surface area contributed by atoms with Crippen molar-refractivity contribution in [2.75, 3.05) is 26.3 Å². The topological polar surface area (TPSA) is 59.6 Å². The Morgan fingerprint density at radius 1 is 1.21 bits per heavy atom. The van der Waals surface area contributed by atoms with Crippen molar-refractivity contribution >= 4 is 29.9 Å². The normalized spacial score (nSPS) is 11.5. The van der Waals surface area contributed by atoms with Crippen LogP contribution in [0, 0.1) is 5.92 Å². The number of nitrogens with two attached hydrogens (primary N) is 1. The van der Waals surface area contributed by atoms with Crippen LogP contribution in [0.15, 0.2) is 4.99 Å². The van der Waals surface area contributed by atoms with Gasteiger partial charge < -0.3 is 15.8 Å². The molecule has 0 radical (unpaired) electrons. The zero-order valence-electron chi connectivity index (χ0n) is 12.8. The fourth-order valence-electron chi connectivity index (χ4n) is 1.51. The average Bonchev–Trinajstić information content (AvgIpc) is 2.33. The summed E-state index contributed by atoms with van der Waals surface area (Å²) in [7, 11) is 0. The lowest BCUT2D eigenvalue weighted by molar-refractivity contribution is 0.109. The summed E-state index contributed by atoms with van der Waals surface area (Å²) < 4.78 is 5.47. The van der Waals surface area contributed by atoms with Crippen molar-refractivity contribution in [3.63, 3.8) is 0 Å². The van der Waals surface area contributed by atoms with Gasteiger partial charge in [-0.25, -0.2) is 0 Å². The largest absolute Gasteiger partial charge is 0.381 e. The van der Waals surface area contributed by atoms with E-state index in [2.05, 4.69) is 31.1 Å². The monoisotopic (exact) mass is 385 g/mol. The predicted octanol–water partition coefficient (Wildman–Crippen LogP) is 3.15. The van der Waals surface area contributed by atoms with Crippen LogP contribution >= 0.6 is 24.0 Å². The summed E-state index contributed by atoms with van der Waals surface area (Å²) in [6.07, 6.45) is 5.93. The number of rotatable bonds is 11. The number of unbranched alkanes of at least 4 members (excludes halogenated alkanes) is 3. The highest BCUT2D eigenvalue weighted by atomic mass is 127. The molecule has 0 bridgehead atoms. The standard InChI is InChI=1S/C14H31N3O.HI/c1-4-5-6-7-9-16-14(15)17-10-8-11-18-12-13(2)3;/h13H,4-12H2,1-3H3,(H3,15,16,17);1H. The highest BCUT2D eigenvalue weighted by molar-refractivity contribution is 14.0. The van der Waals surface area contributed by atoms with Crippen LogP contribution in [0.4, 0.5) is 0 Å². The van der Waals surface area contributed by atoms with Crippen molar-refractivity contribution in [2.24, 2.45) is 16.6 Å². The Morgan fingerprint density at radius 2 is 1.95 bits per heavy atom. The summed E-state index contributed by atoms with van der Waals surface area (Å²) >= 11 is 0. The van der Waals surface area contributed by atoms with E-state index in [0.29, 0.717) is 11.9 Å². The molecule has 0 saturated carbocycles. The molecule has 0 amide bonds. The van der Waals surface area contributed by atoms with Crippen LogP contribution in [-0.4, -0.2) is 32.3 Å². The molecule has 0 saturated heterocycles. The van der Waals surface area contributed by atoms with Crippen LogP contribution in [0.25, 0.3) is 0 Å². The van der Waals surface area contributed by atoms with Gasteiger partial charge in [0.2, 0.25) is 0 Å². The van der Waals surface area contributed by atoms with Crippen LogP contribution in [0.5, 0.6) is 0 Å². The SMILES string of the molecule is CCCCCCNC(N)=NCCCOCC(C)C.I. The molecule has 4 nitrogen and oxygen atoms in total. The lowest BCUT2D eigenvalue weighted by atomic mass is 10.2. The van der Waals surface area contributed by atoms with E-state index in [1.807, 2.05) is 0 Å². The quantitative estimate of drug-likeness (QED) is 0.249. The molecule has 0 aromatic carbocycles. The van der Waals surface area contributed by atoms with Gasteiger partial charge in [-0.05, 0) is 18.8 Å². The fraction of sp³-hybridized carbons (Fsp3) is 0.929. The maximum absolute atomic E-state index is 5.75. The Labute approximate surface area is 136 Å². The minimum Gasteiger partial charge on any atom is -0.381 e. The second-order valence-corrected chi connectivity index (χ2v) is 5.08. The van der Waals surface area contributed by atoms with E-state index in [4.69, 9.17) is 10.5 Å². The number of hydrogen-bond acceptors (Lipinski definition) is 2. The minimum atomic E-state index is 0. The molecule has 0 aliphatic heterocycles. The molecule has 19 heavy (non-hydrogen) atoms. The number of halogens is 1. The molecule has 0 heterocycles. The van der Waals surface area contributed by atoms with Crippen LogP contribution < -0.4 is 11.1 Å². The zero-order chi connectivity index (χ0) is 13.6. The highest BCUT2D eigenvalue weighted by Gasteiger charge is 1.94. The average molecular weight is 385 g/mol. The summed E-state index contributed by atoms with van der Waals surface area (Å²) in [6.45, 7) is 9.78. The fourth-order valence-corrected chi connectivity index (χ4v) is 1.51. The lowest BCUT2D eigenvalue weighted by Gasteiger charge is -2.06. The Hall–Kier alpha value is -0.0400. The molecule has 3 N–H and O–H groups in total. The molecule has 0 aliphatic rings. The van der Waals surface area contributed by atoms with Crippen molar-refractivity contribution < 1.29 is 4.74 Å². The van der Waals surface area contributed by atoms with Crippen LogP contribution in [0.1, 0.15) is 52.9 Å². The third-order valence-electron chi connectivity index (χ3n) is 2.52. The first-order valence-corrected chi connectivity index (χ1v) is 7.28. The summed E-state index contributed by atoms with van der Waals surface area (Å²) in [5.41, 5.74) is 5.75. The summed E-state index contributed by atoms with van der Waals surface area (Å²) in [4.78, 5) is 4.26. The Bertz CT molecular complexity index is 211. The number of nitrogens with one attached hydrogen (secondary N) is 1. The van der Waals surface area contributed by atoms with Gasteiger partial charge in [0.15, 0.2) is 5.96 Å². The molecule has 5 heteroatoms. The van der Waals surface area contributed by atoms with E-state index in [-0.39, 0.29) is 24.0 Å². The van der Waals surface area contributed by atoms with Crippen molar-refractivity contribution in [3.8, 4) is 0 Å².